The quantitative estimate of drug-likeness (QED) is 0.566. The van der Waals surface area contributed by atoms with E-state index < -0.39 is 17.3 Å². The van der Waals surface area contributed by atoms with Crippen molar-refractivity contribution in [1.29, 1.82) is 0 Å². The Kier molecular flexibility index (Phi) is 4.09. The molecule has 2 amide bonds. The van der Waals surface area contributed by atoms with Gasteiger partial charge in [0.15, 0.2) is 0 Å². The molecular weight excluding hydrogens is 224 g/mol. The molecule has 1 saturated carbocycles. The summed E-state index contributed by atoms with van der Waals surface area (Å²) >= 11 is 0. The van der Waals surface area contributed by atoms with E-state index in [1.165, 1.54) is 0 Å². The van der Waals surface area contributed by atoms with Gasteiger partial charge in [0.2, 0.25) is 11.8 Å². The zero-order valence-electron chi connectivity index (χ0n) is 10.1. The molecule has 1 rings (SSSR count). The largest absolute Gasteiger partial charge is 0.480 e. The molecule has 6 heteroatoms. The molecule has 1 aliphatic carbocycles. The first-order chi connectivity index (χ1) is 7.88. The van der Waals surface area contributed by atoms with E-state index in [2.05, 4.69) is 10.6 Å². The molecule has 0 saturated heterocycles. The topological polar surface area (TPSA) is 95.5 Å². The number of rotatable bonds is 6. The summed E-state index contributed by atoms with van der Waals surface area (Å²) in [6, 6.07) is 0.0620. The Morgan fingerprint density at radius 1 is 1.29 bits per heavy atom. The summed E-state index contributed by atoms with van der Waals surface area (Å²) in [5, 5.41) is 14.0. The lowest BCUT2D eigenvalue weighted by atomic mass is 10.1. The highest BCUT2D eigenvalue weighted by atomic mass is 16.4. The lowest BCUT2D eigenvalue weighted by Crippen LogP contribution is -2.39. The van der Waals surface area contributed by atoms with Gasteiger partial charge < -0.3 is 15.7 Å². The van der Waals surface area contributed by atoms with Gasteiger partial charge >= 0.3 is 5.97 Å². The van der Waals surface area contributed by atoms with Crippen molar-refractivity contribution in [3.8, 4) is 0 Å². The number of aliphatic carboxylic acids is 1. The van der Waals surface area contributed by atoms with Gasteiger partial charge in [-0.15, -0.1) is 0 Å². The third-order valence-corrected chi connectivity index (χ3v) is 2.68. The zero-order valence-corrected chi connectivity index (χ0v) is 10.1. The second-order valence-electron chi connectivity index (χ2n) is 4.62. The van der Waals surface area contributed by atoms with Gasteiger partial charge in [-0.3, -0.25) is 14.4 Å². The smallest absolute Gasteiger partial charge is 0.319 e. The molecule has 0 radical (unpaired) electrons. The molecule has 0 aromatic carbocycles. The first kappa shape index (κ1) is 13.5. The van der Waals surface area contributed by atoms with E-state index in [0.717, 1.165) is 0 Å². The molecule has 0 atom stereocenters. The highest BCUT2D eigenvalue weighted by Gasteiger charge is 2.56. The summed E-state index contributed by atoms with van der Waals surface area (Å²) in [4.78, 5) is 33.6. The molecule has 3 N–H and O–H groups in total. The highest BCUT2D eigenvalue weighted by Crippen LogP contribution is 2.45. The van der Waals surface area contributed by atoms with Gasteiger partial charge in [0.25, 0.3) is 0 Å². The average Bonchev–Trinajstić information content (AvgIpc) is 2.96. The number of carboxylic acid groups (broad SMARTS) is 1. The zero-order chi connectivity index (χ0) is 13.1. The Morgan fingerprint density at radius 3 is 2.29 bits per heavy atom. The molecule has 6 nitrogen and oxygen atoms in total. The molecule has 0 unspecified atom stereocenters. The van der Waals surface area contributed by atoms with Crippen LogP contribution in [-0.2, 0) is 14.4 Å². The number of carbonyl (C=O) groups is 3. The summed E-state index contributed by atoms with van der Waals surface area (Å²) in [5.74, 6) is -1.72. The predicted molar refractivity (Wildman–Crippen MR) is 60.2 cm³/mol. The first-order valence-corrected chi connectivity index (χ1v) is 5.69. The van der Waals surface area contributed by atoms with Gasteiger partial charge in [0.05, 0.1) is 0 Å². The van der Waals surface area contributed by atoms with Crippen molar-refractivity contribution in [2.24, 2.45) is 5.41 Å². The van der Waals surface area contributed by atoms with Gasteiger partial charge in [-0.2, -0.15) is 0 Å². The fourth-order valence-corrected chi connectivity index (χ4v) is 1.52. The fraction of sp³-hybridized carbons (Fsp3) is 0.727. The Bertz CT molecular complexity index is 334. The number of nitrogens with one attached hydrogen (secondary N) is 2. The Hall–Kier alpha value is -1.59. The molecule has 1 aliphatic rings. The summed E-state index contributed by atoms with van der Waals surface area (Å²) in [6.07, 6.45) is 0.929. The number of carbonyl (C=O) groups excluding carboxylic acids is 2. The van der Waals surface area contributed by atoms with Gasteiger partial charge in [0.1, 0.15) is 5.41 Å². The van der Waals surface area contributed by atoms with Crippen LogP contribution in [0, 0.1) is 5.41 Å². The van der Waals surface area contributed by atoms with Crippen LogP contribution in [0.1, 0.15) is 33.1 Å². The van der Waals surface area contributed by atoms with Crippen molar-refractivity contribution in [3.63, 3.8) is 0 Å². The molecule has 0 aliphatic heterocycles. The predicted octanol–water partition coefficient (Wildman–Crippen LogP) is -0.118. The molecule has 0 aromatic heterocycles. The Balaban J connectivity index is 2.26. The van der Waals surface area contributed by atoms with Gasteiger partial charge in [-0.25, -0.2) is 0 Å². The highest BCUT2D eigenvalue weighted by molar-refractivity contribution is 6.04. The fourth-order valence-electron chi connectivity index (χ4n) is 1.52. The molecular formula is C11H18N2O4. The molecule has 0 aromatic rings. The van der Waals surface area contributed by atoms with Crippen molar-refractivity contribution in [1.82, 2.24) is 10.6 Å². The van der Waals surface area contributed by atoms with E-state index in [4.69, 9.17) is 5.11 Å². The van der Waals surface area contributed by atoms with Crippen molar-refractivity contribution in [2.45, 2.75) is 39.2 Å². The molecule has 0 heterocycles. The summed E-state index contributed by atoms with van der Waals surface area (Å²) in [5.41, 5.74) is -1.23. The Labute approximate surface area is 99.8 Å². The maximum absolute atomic E-state index is 11.5. The minimum absolute atomic E-state index is 0.0620. The van der Waals surface area contributed by atoms with E-state index in [0.29, 0.717) is 12.8 Å². The number of hydrogen-bond donors (Lipinski definition) is 3. The van der Waals surface area contributed by atoms with E-state index in [1.807, 2.05) is 13.8 Å². The normalized spacial score (nSPS) is 16.4. The maximum atomic E-state index is 11.5. The van der Waals surface area contributed by atoms with Gasteiger partial charge in [-0.1, -0.05) is 0 Å². The van der Waals surface area contributed by atoms with Crippen LogP contribution >= 0.6 is 0 Å². The van der Waals surface area contributed by atoms with E-state index >= 15 is 0 Å². The standard InChI is InChI=1S/C11H18N2O4/c1-7(2)13-8(14)3-6-12-9(15)11(4-5-11)10(16)17/h7H,3-6H2,1-2H3,(H,12,15)(H,13,14)(H,16,17). The molecule has 0 bridgehead atoms. The molecule has 17 heavy (non-hydrogen) atoms. The van der Waals surface area contributed by atoms with Gasteiger partial charge in [-0.05, 0) is 26.7 Å². The Morgan fingerprint density at radius 2 is 1.88 bits per heavy atom. The van der Waals surface area contributed by atoms with Crippen LogP contribution in [0.3, 0.4) is 0 Å². The monoisotopic (exact) mass is 242 g/mol. The molecule has 96 valence electrons. The van der Waals surface area contributed by atoms with Crippen molar-refractivity contribution in [2.75, 3.05) is 6.54 Å². The van der Waals surface area contributed by atoms with Crippen LogP contribution in [0.25, 0.3) is 0 Å². The maximum Gasteiger partial charge on any atom is 0.319 e. The number of carboxylic acids is 1. The average molecular weight is 242 g/mol. The minimum atomic E-state index is -1.23. The van der Waals surface area contributed by atoms with Gasteiger partial charge in [0, 0.05) is 19.0 Å². The van der Waals surface area contributed by atoms with Crippen molar-refractivity contribution < 1.29 is 19.5 Å². The third-order valence-electron chi connectivity index (χ3n) is 2.68. The summed E-state index contributed by atoms with van der Waals surface area (Å²) in [7, 11) is 0. The molecule has 1 fully saturated rings. The number of hydrogen-bond acceptors (Lipinski definition) is 3. The van der Waals surface area contributed by atoms with Crippen LogP contribution in [0.2, 0.25) is 0 Å². The summed E-state index contributed by atoms with van der Waals surface area (Å²) in [6.45, 7) is 3.87. The van der Waals surface area contributed by atoms with Crippen molar-refractivity contribution in [3.05, 3.63) is 0 Å². The molecule has 0 spiro atoms. The van der Waals surface area contributed by atoms with Crippen LogP contribution in [0.15, 0.2) is 0 Å². The second kappa shape index (κ2) is 5.16. The van der Waals surface area contributed by atoms with E-state index in [-0.39, 0.29) is 24.9 Å². The van der Waals surface area contributed by atoms with E-state index in [9.17, 15) is 14.4 Å². The second-order valence-corrected chi connectivity index (χ2v) is 4.62. The third kappa shape index (κ3) is 3.44. The van der Waals surface area contributed by atoms with Crippen molar-refractivity contribution >= 4 is 17.8 Å². The van der Waals surface area contributed by atoms with E-state index in [1.54, 1.807) is 0 Å². The minimum Gasteiger partial charge on any atom is -0.480 e. The van der Waals surface area contributed by atoms with Crippen LogP contribution in [-0.4, -0.2) is 35.5 Å². The lowest BCUT2D eigenvalue weighted by molar-refractivity contribution is -0.149. The van der Waals surface area contributed by atoms with Crippen LogP contribution in [0.4, 0.5) is 0 Å². The number of amides is 2. The lowest BCUT2D eigenvalue weighted by Gasteiger charge is -2.11. The SMILES string of the molecule is CC(C)NC(=O)CCNC(=O)C1(C(=O)O)CC1. The van der Waals surface area contributed by atoms with Crippen LogP contribution in [0.5, 0.6) is 0 Å². The van der Waals surface area contributed by atoms with Crippen LogP contribution < -0.4 is 10.6 Å². The summed E-state index contributed by atoms with van der Waals surface area (Å²) < 4.78 is 0. The first-order valence-electron chi connectivity index (χ1n) is 5.69.